The molecule has 2 N–H and O–H groups in total. The highest BCUT2D eigenvalue weighted by Crippen LogP contribution is 2.31. The van der Waals surface area contributed by atoms with Crippen molar-refractivity contribution in [3.63, 3.8) is 0 Å². The normalized spacial score (nSPS) is 12.4. The Bertz CT molecular complexity index is 1360. The summed E-state index contributed by atoms with van der Waals surface area (Å²) in [5, 5.41) is 10.4. The summed E-state index contributed by atoms with van der Waals surface area (Å²) in [4.78, 5) is 3.86. The van der Waals surface area contributed by atoms with E-state index in [4.69, 9.17) is 0 Å². The van der Waals surface area contributed by atoms with Crippen LogP contribution in [-0.2, 0) is 29.7 Å². The van der Waals surface area contributed by atoms with Crippen LogP contribution >= 0.6 is 0 Å². The summed E-state index contributed by atoms with van der Waals surface area (Å²) in [6, 6.07) is 7.10. The number of sulfonamides is 1. The summed E-state index contributed by atoms with van der Waals surface area (Å²) in [6.07, 6.45) is -1.27. The highest BCUT2D eigenvalue weighted by Gasteiger charge is 2.34. The largest absolute Gasteiger partial charge is 0.435 e. The molecule has 3 heterocycles. The molecule has 0 saturated carbocycles. The first kappa shape index (κ1) is 20.8. The second kappa shape index (κ2) is 7.38. The molecule has 0 radical (unpaired) electrons. The maximum atomic E-state index is 13.0. The molecule has 3 aromatic heterocycles. The van der Waals surface area contributed by atoms with Crippen molar-refractivity contribution in [1.29, 1.82) is 0 Å². The van der Waals surface area contributed by atoms with Crippen LogP contribution in [-0.4, -0.2) is 33.4 Å². The first-order valence-corrected chi connectivity index (χ1v) is 10.6. The number of H-pyrrole nitrogens is 1. The molecule has 12 heteroatoms. The number of aromatic nitrogens is 5. The number of aromatic amines is 1. The monoisotopic (exact) mass is 450 g/mol. The van der Waals surface area contributed by atoms with Crippen molar-refractivity contribution in [3.05, 3.63) is 54.0 Å². The Morgan fingerprint density at radius 2 is 1.94 bits per heavy atom. The van der Waals surface area contributed by atoms with Gasteiger partial charge in [0, 0.05) is 18.6 Å². The number of rotatable bonds is 5. The number of alkyl halides is 3. The number of nitrogens with one attached hydrogen (secondary N) is 2. The molecule has 162 valence electrons. The fourth-order valence-electron chi connectivity index (χ4n) is 3.21. The number of benzene rings is 1. The Morgan fingerprint density at radius 3 is 2.55 bits per heavy atom. The number of anilines is 1. The summed E-state index contributed by atoms with van der Waals surface area (Å²) < 4.78 is 68.3. The highest BCUT2D eigenvalue weighted by atomic mass is 32.2. The van der Waals surface area contributed by atoms with Crippen LogP contribution in [0.3, 0.4) is 0 Å². The van der Waals surface area contributed by atoms with Gasteiger partial charge >= 0.3 is 6.18 Å². The van der Waals surface area contributed by atoms with Gasteiger partial charge in [0.1, 0.15) is 4.90 Å². The van der Waals surface area contributed by atoms with Gasteiger partial charge < -0.3 is 0 Å². The van der Waals surface area contributed by atoms with Crippen LogP contribution in [0.15, 0.2) is 47.6 Å². The lowest BCUT2D eigenvalue weighted by Crippen LogP contribution is -2.15. The number of aryl methyl sites for hydroxylation is 2. The zero-order valence-electron chi connectivity index (χ0n) is 16.4. The summed E-state index contributed by atoms with van der Waals surface area (Å²) in [5.74, 6) is 0. The molecule has 0 aliphatic heterocycles. The van der Waals surface area contributed by atoms with E-state index in [0.717, 1.165) is 23.2 Å². The molecule has 0 atom stereocenters. The first-order valence-electron chi connectivity index (χ1n) is 9.15. The molecule has 0 aliphatic rings. The van der Waals surface area contributed by atoms with Crippen molar-refractivity contribution in [2.75, 3.05) is 4.72 Å². The highest BCUT2D eigenvalue weighted by molar-refractivity contribution is 7.92. The molecule has 0 aliphatic carbocycles. The molecule has 4 aromatic rings. The Labute approximate surface area is 175 Å². The average Bonchev–Trinajstić information content (AvgIpc) is 3.36. The smallest absolute Gasteiger partial charge is 0.277 e. The van der Waals surface area contributed by atoms with Gasteiger partial charge in [0.05, 0.1) is 28.8 Å². The molecule has 31 heavy (non-hydrogen) atoms. The van der Waals surface area contributed by atoms with Gasteiger partial charge in [-0.1, -0.05) is 19.1 Å². The minimum atomic E-state index is -4.59. The van der Waals surface area contributed by atoms with Gasteiger partial charge in [-0.25, -0.2) is 8.42 Å². The summed E-state index contributed by atoms with van der Waals surface area (Å²) >= 11 is 0. The van der Waals surface area contributed by atoms with Crippen molar-refractivity contribution >= 4 is 26.6 Å². The number of pyridine rings is 1. The number of hydrogen-bond donors (Lipinski definition) is 2. The number of fused-ring (bicyclic) bond motifs is 1. The zero-order valence-corrected chi connectivity index (χ0v) is 17.2. The fraction of sp³-hybridized carbons (Fsp3) is 0.211. The number of hydrogen-bond acceptors (Lipinski definition) is 5. The number of nitrogens with zero attached hydrogens (tertiary/aromatic N) is 4. The minimum absolute atomic E-state index is 0.0251. The maximum absolute atomic E-state index is 13.0. The van der Waals surface area contributed by atoms with E-state index in [2.05, 4.69) is 25.0 Å². The number of halogens is 3. The van der Waals surface area contributed by atoms with Crippen LogP contribution < -0.4 is 4.72 Å². The maximum Gasteiger partial charge on any atom is 0.435 e. The zero-order chi connectivity index (χ0) is 22.4. The van der Waals surface area contributed by atoms with Crippen molar-refractivity contribution in [2.24, 2.45) is 7.05 Å². The van der Waals surface area contributed by atoms with Crippen molar-refractivity contribution in [3.8, 4) is 11.4 Å². The molecule has 8 nitrogen and oxygen atoms in total. The Hall–Kier alpha value is -3.41. The standard InChI is InChI=1S/C19H17F3N6O2S/c1-3-11-4-5-12-9-24-28(2)18(12)17(11)27-31(29,30)13-6-7-14(23-10-13)15-8-16(26-25-15)19(20,21)22/h4-10,27H,3H2,1-2H3,(H,25,26). The van der Waals surface area contributed by atoms with E-state index in [9.17, 15) is 21.6 Å². The Balaban J connectivity index is 1.67. The Morgan fingerprint density at radius 1 is 1.16 bits per heavy atom. The summed E-state index contributed by atoms with van der Waals surface area (Å²) in [5.41, 5.74) is 0.930. The van der Waals surface area contributed by atoms with E-state index >= 15 is 0 Å². The first-order chi connectivity index (χ1) is 14.6. The third-order valence-electron chi connectivity index (χ3n) is 4.80. The van der Waals surface area contributed by atoms with Crippen molar-refractivity contribution in [1.82, 2.24) is 25.0 Å². The van der Waals surface area contributed by atoms with E-state index in [1.54, 1.807) is 17.9 Å². The van der Waals surface area contributed by atoms with Gasteiger partial charge in [0.25, 0.3) is 10.0 Å². The van der Waals surface area contributed by atoms with Crippen LogP contribution in [0, 0.1) is 0 Å². The molecule has 1 aromatic carbocycles. The molecule has 0 fully saturated rings. The van der Waals surface area contributed by atoms with Crippen LogP contribution in [0.1, 0.15) is 18.2 Å². The van der Waals surface area contributed by atoms with Crippen LogP contribution in [0.5, 0.6) is 0 Å². The lowest BCUT2D eigenvalue weighted by Gasteiger charge is -2.14. The quantitative estimate of drug-likeness (QED) is 0.482. The average molecular weight is 450 g/mol. The van der Waals surface area contributed by atoms with Crippen LogP contribution in [0.4, 0.5) is 18.9 Å². The van der Waals surface area contributed by atoms with E-state index in [0.29, 0.717) is 17.6 Å². The predicted octanol–water partition coefficient (Wildman–Crippen LogP) is 3.74. The van der Waals surface area contributed by atoms with Crippen LogP contribution in [0.2, 0.25) is 0 Å². The van der Waals surface area contributed by atoms with Gasteiger partial charge in [-0.2, -0.15) is 23.4 Å². The van der Waals surface area contributed by atoms with E-state index < -0.39 is 21.9 Å². The van der Waals surface area contributed by atoms with Gasteiger partial charge in [-0.15, -0.1) is 0 Å². The Kier molecular flexibility index (Phi) is 4.96. The predicted molar refractivity (Wildman–Crippen MR) is 108 cm³/mol. The topological polar surface area (TPSA) is 106 Å². The van der Waals surface area contributed by atoms with Gasteiger partial charge in [-0.05, 0) is 30.2 Å². The molecular formula is C19H17F3N6O2S. The second-order valence-electron chi connectivity index (χ2n) is 6.81. The summed E-state index contributed by atoms with van der Waals surface area (Å²) in [7, 11) is -2.29. The van der Waals surface area contributed by atoms with Crippen molar-refractivity contribution in [2.45, 2.75) is 24.4 Å². The molecule has 0 spiro atoms. The third kappa shape index (κ3) is 3.85. The van der Waals surface area contributed by atoms with Gasteiger partial charge in [0.2, 0.25) is 0 Å². The van der Waals surface area contributed by atoms with Crippen molar-refractivity contribution < 1.29 is 21.6 Å². The van der Waals surface area contributed by atoms with E-state index in [1.165, 1.54) is 12.1 Å². The molecular weight excluding hydrogens is 433 g/mol. The molecule has 0 unspecified atom stereocenters. The van der Waals surface area contributed by atoms with Crippen LogP contribution in [0.25, 0.3) is 22.3 Å². The SMILES string of the molecule is CCc1ccc2cnn(C)c2c1NS(=O)(=O)c1ccc(-c2cc(C(F)(F)F)n[nH]2)nc1. The molecule has 0 bridgehead atoms. The second-order valence-corrected chi connectivity index (χ2v) is 8.49. The van der Waals surface area contributed by atoms with E-state index in [1.807, 2.05) is 19.1 Å². The minimum Gasteiger partial charge on any atom is -0.277 e. The lowest BCUT2D eigenvalue weighted by molar-refractivity contribution is -0.141. The molecule has 0 amide bonds. The molecule has 4 rings (SSSR count). The fourth-order valence-corrected chi connectivity index (χ4v) is 4.26. The lowest BCUT2D eigenvalue weighted by atomic mass is 10.1. The summed E-state index contributed by atoms with van der Waals surface area (Å²) in [6.45, 7) is 1.91. The van der Waals surface area contributed by atoms with Gasteiger partial charge in [-0.3, -0.25) is 19.5 Å². The van der Waals surface area contributed by atoms with E-state index in [-0.39, 0.29) is 16.3 Å². The molecule has 0 saturated heterocycles. The van der Waals surface area contributed by atoms with Gasteiger partial charge in [0.15, 0.2) is 5.69 Å². The third-order valence-corrected chi connectivity index (χ3v) is 6.13.